The number of fused-ring (bicyclic) bond motifs is 1. The molecule has 2 N–H and O–H groups in total. The maximum absolute atomic E-state index is 12.7. The molecule has 1 saturated heterocycles. The van der Waals surface area contributed by atoms with Gasteiger partial charge in [-0.2, -0.15) is 0 Å². The summed E-state index contributed by atoms with van der Waals surface area (Å²) in [7, 11) is 0. The average molecular weight is 358 g/mol. The van der Waals surface area contributed by atoms with Gasteiger partial charge < -0.3 is 15.2 Å². The molecule has 3 rings (SSSR count). The van der Waals surface area contributed by atoms with E-state index in [0.717, 1.165) is 49.5 Å². The number of carbonyl (C=O) groups is 1. The lowest BCUT2D eigenvalue weighted by atomic mass is 9.96. The van der Waals surface area contributed by atoms with E-state index in [1.165, 1.54) is 6.42 Å². The van der Waals surface area contributed by atoms with Crippen molar-refractivity contribution in [3.63, 3.8) is 0 Å². The summed E-state index contributed by atoms with van der Waals surface area (Å²) < 4.78 is 0. The van der Waals surface area contributed by atoms with Crippen LogP contribution in [-0.4, -0.2) is 45.0 Å². The Hall–Kier alpha value is -2.18. The fourth-order valence-electron chi connectivity index (χ4n) is 3.64. The zero-order valence-corrected chi connectivity index (χ0v) is 16.0. The molecule has 142 valence electrons. The fourth-order valence-corrected chi connectivity index (χ4v) is 3.64. The lowest BCUT2D eigenvalue weighted by Crippen LogP contribution is -2.45. The number of aromatic amines is 1. The number of nitrogens with zero attached hydrogens (tertiary/aromatic N) is 4. The highest BCUT2D eigenvalue weighted by Crippen LogP contribution is 2.26. The highest BCUT2D eigenvalue weighted by molar-refractivity contribution is 5.84. The van der Waals surface area contributed by atoms with Crippen molar-refractivity contribution >= 4 is 22.9 Å². The first-order valence-corrected chi connectivity index (χ1v) is 9.74. The Morgan fingerprint density at radius 2 is 2.15 bits per heavy atom. The standard InChI is InChI=1S/C19H30N6O/c1-13(2)6-4-7-14(3)24-19(26)15-8-5-9-25(10-15)18-16-17(21-11-20-16)22-12-23-18/h11-15H,4-10H2,1-3H3,(H,24,26)(H,20,21,22,23)/t14-,15+/m1/s1. The summed E-state index contributed by atoms with van der Waals surface area (Å²) >= 11 is 0. The van der Waals surface area contributed by atoms with Crippen molar-refractivity contribution in [1.29, 1.82) is 0 Å². The van der Waals surface area contributed by atoms with E-state index in [1.807, 2.05) is 0 Å². The molecule has 2 atom stereocenters. The molecule has 2 aromatic heterocycles. The lowest BCUT2D eigenvalue weighted by molar-refractivity contribution is -0.125. The molecule has 0 aliphatic carbocycles. The zero-order valence-electron chi connectivity index (χ0n) is 16.0. The summed E-state index contributed by atoms with van der Waals surface area (Å²) in [5.74, 6) is 1.73. The number of nitrogens with one attached hydrogen (secondary N) is 2. The van der Waals surface area contributed by atoms with E-state index in [4.69, 9.17) is 0 Å². The van der Waals surface area contributed by atoms with Crippen molar-refractivity contribution < 1.29 is 4.79 Å². The molecule has 0 bridgehead atoms. The van der Waals surface area contributed by atoms with E-state index < -0.39 is 0 Å². The van der Waals surface area contributed by atoms with Gasteiger partial charge >= 0.3 is 0 Å². The Morgan fingerprint density at radius 3 is 2.96 bits per heavy atom. The second kappa shape index (κ2) is 8.47. The van der Waals surface area contributed by atoms with Crippen molar-refractivity contribution in [2.24, 2.45) is 11.8 Å². The van der Waals surface area contributed by atoms with Gasteiger partial charge in [0.25, 0.3) is 0 Å². The van der Waals surface area contributed by atoms with E-state index >= 15 is 0 Å². The number of carbonyl (C=O) groups excluding carboxylic acids is 1. The lowest BCUT2D eigenvalue weighted by Gasteiger charge is -2.33. The molecule has 1 fully saturated rings. The molecular formula is C19H30N6O. The van der Waals surface area contributed by atoms with Gasteiger partial charge in [0.1, 0.15) is 11.8 Å². The van der Waals surface area contributed by atoms with Crippen LogP contribution in [0, 0.1) is 11.8 Å². The minimum atomic E-state index is 0.00392. The van der Waals surface area contributed by atoms with Gasteiger partial charge in [-0.1, -0.05) is 26.7 Å². The number of piperidine rings is 1. The molecule has 0 aromatic carbocycles. The molecule has 7 heteroatoms. The van der Waals surface area contributed by atoms with Crippen LogP contribution in [0.2, 0.25) is 0 Å². The topological polar surface area (TPSA) is 86.8 Å². The van der Waals surface area contributed by atoms with Crippen LogP contribution in [0.4, 0.5) is 5.82 Å². The third kappa shape index (κ3) is 4.51. The first kappa shape index (κ1) is 18.6. The van der Waals surface area contributed by atoms with Crippen LogP contribution in [-0.2, 0) is 4.79 Å². The Labute approximate surface area is 155 Å². The van der Waals surface area contributed by atoms with Gasteiger partial charge in [0.15, 0.2) is 11.5 Å². The van der Waals surface area contributed by atoms with Crippen LogP contribution >= 0.6 is 0 Å². The summed E-state index contributed by atoms with van der Waals surface area (Å²) in [4.78, 5) is 30.8. The number of hydrogen-bond donors (Lipinski definition) is 2. The highest BCUT2D eigenvalue weighted by atomic mass is 16.2. The summed E-state index contributed by atoms with van der Waals surface area (Å²) in [6.07, 6.45) is 8.51. The monoisotopic (exact) mass is 358 g/mol. The average Bonchev–Trinajstić information content (AvgIpc) is 3.10. The summed E-state index contributed by atoms with van der Waals surface area (Å²) in [5, 5.41) is 3.21. The van der Waals surface area contributed by atoms with Crippen molar-refractivity contribution in [3.8, 4) is 0 Å². The van der Waals surface area contributed by atoms with Gasteiger partial charge in [-0.15, -0.1) is 0 Å². The van der Waals surface area contributed by atoms with Crippen LogP contribution in [0.1, 0.15) is 52.9 Å². The third-order valence-electron chi connectivity index (χ3n) is 5.10. The first-order valence-electron chi connectivity index (χ1n) is 9.74. The fraction of sp³-hybridized carbons (Fsp3) is 0.684. The van der Waals surface area contributed by atoms with Gasteiger partial charge in [-0.05, 0) is 32.1 Å². The number of H-pyrrole nitrogens is 1. The van der Waals surface area contributed by atoms with Gasteiger partial charge in [0.2, 0.25) is 5.91 Å². The second-order valence-electron chi connectivity index (χ2n) is 7.82. The van der Waals surface area contributed by atoms with E-state index in [2.05, 4.69) is 50.9 Å². The van der Waals surface area contributed by atoms with Crippen molar-refractivity contribution in [1.82, 2.24) is 25.3 Å². The minimum absolute atomic E-state index is 0.00392. The van der Waals surface area contributed by atoms with Gasteiger partial charge in [-0.3, -0.25) is 4.79 Å². The number of hydrogen-bond acceptors (Lipinski definition) is 5. The predicted octanol–water partition coefficient (Wildman–Crippen LogP) is 2.90. The number of aromatic nitrogens is 4. The molecule has 3 heterocycles. The molecule has 7 nitrogen and oxygen atoms in total. The third-order valence-corrected chi connectivity index (χ3v) is 5.10. The van der Waals surface area contributed by atoms with E-state index in [0.29, 0.717) is 12.2 Å². The van der Waals surface area contributed by atoms with E-state index in [-0.39, 0.29) is 17.9 Å². The molecule has 1 aliphatic rings. The molecular weight excluding hydrogens is 328 g/mol. The number of anilines is 1. The molecule has 0 spiro atoms. The van der Waals surface area contributed by atoms with Crippen LogP contribution in [0.25, 0.3) is 11.2 Å². The first-order chi connectivity index (χ1) is 12.5. The van der Waals surface area contributed by atoms with E-state index in [9.17, 15) is 4.79 Å². The second-order valence-corrected chi connectivity index (χ2v) is 7.82. The molecule has 0 saturated carbocycles. The number of amides is 1. The molecule has 0 unspecified atom stereocenters. The summed E-state index contributed by atoms with van der Waals surface area (Å²) in [5.41, 5.74) is 1.51. The Bertz CT molecular complexity index is 728. The molecule has 26 heavy (non-hydrogen) atoms. The van der Waals surface area contributed by atoms with Crippen LogP contribution in [0.3, 0.4) is 0 Å². The normalized spacial score (nSPS) is 19.1. The van der Waals surface area contributed by atoms with Gasteiger partial charge in [0.05, 0.1) is 12.2 Å². The smallest absolute Gasteiger partial charge is 0.225 e. The minimum Gasteiger partial charge on any atom is -0.354 e. The van der Waals surface area contributed by atoms with Crippen LogP contribution in [0.5, 0.6) is 0 Å². The van der Waals surface area contributed by atoms with Gasteiger partial charge in [-0.25, -0.2) is 15.0 Å². The maximum atomic E-state index is 12.7. The predicted molar refractivity (Wildman–Crippen MR) is 103 cm³/mol. The SMILES string of the molecule is CC(C)CCC[C@@H](C)NC(=O)[C@H]1CCCN(c2ncnc3nc[nH]c23)C1. The molecule has 1 amide bonds. The van der Waals surface area contributed by atoms with Crippen molar-refractivity contribution in [2.45, 2.75) is 58.9 Å². The van der Waals surface area contributed by atoms with Crippen molar-refractivity contribution in [3.05, 3.63) is 12.7 Å². The Kier molecular flexibility index (Phi) is 6.06. The number of imidazole rings is 1. The van der Waals surface area contributed by atoms with E-state index in [1.54, 1.807) is 12.7 Å². The zero-order chi connectivity index (χ0) is 18.5. The van der Waals surface area contributed by atoms with Gasteiger partial charge in [0, 0.05) is 19.1 Å². The quantitative estimate of drug-likeness (QED) is 0.795. The number of rotatable bonds is 7. The van der Waals surface area contributed by atoms with Crippen LogP contribution in [0.15, 0.2) is 12.7 Å². The summed E-state index contributed by atoms with van der Waals surface area (Å²) in [6.45, 7) is 8.18. The summed E-state index contributed by atoms with van der Waals surface area (Å²) in [6, 6.07) is 0.231. The highest BCUT2D eigenvalue weighted by Gasteiger charge is 2.28. The van der Waals surface area contributed by atoms with Crippen LogP contribution < -0.4 is 10.2 Å². The Balaban J connectivity index is 1.58. The largest absolute Gasteiger partial charge is 0.354 e. The maximum Gasteiger partial charge on any atom is 0.225 e. The molecule has 2 aromatic rings. The Morgan fingerprint density at radius 1 is 1.31 bits per heavy atom. The molecule has 1 aliphatic heterocycles. The molecule has 0 radical (unpaired) electrons. The van der Waals surface area contributed by atoms with Crippen molar-refractivity contribution in [2.75, 3.05) is 18.0 Å².